The Hall–Kier alpha value is -5.72. The summed E-state index contributed by atoms with van der Waals surface area (Å²) in [5, 5.41) is 8.17. The molecule has 2 aliphatic heterocycles. The normalized spacial score (nSPS) is 16.5. The fourth-order valence-electron chi connectivity index (χ4n) is 8.68. The molecule has 2 fully saturated rings. The Labute approximate surface area is 401 Å². The number of nitrogens with two attached hydrogens (primary N) is 1. The summed E-state index contributed by atoms with van der Waals surface area (Å²) in [5.41, 5.74) is 5.88. The third-order valence-electron chi connectivity index (χ3n) is 12.8. The highest BCUT2D eigenvalue weighted by atomic mass is 16.6. The van der Waals surface area contributed by atoms with Gasteiger partial charge in [0, 0.05) is 102 Å². The maximum absolute atomic E-state index is 14.2. The highest BCUT2D eigenvalue weighted by Crippen LogP contribution is 2.28. The number of imide groups is 1. The Balaban J connectivity index is 1.77. The molecule has 2 heterocycles. The zero-order valence-electron chi connectivity index (χ0n) is 41.6. The van der Waals surface area contributed by atoms with Crippen LogP contribution in [0.4, 0.5) is 15.3 Å². The van der Waals surface area contributed by atoms with Crippen LogP contribution in [-0.4, -0.2) is 144 Å². The number of nitrogens with one attached hydrogen (secondary N) is 3. The lowest BCUT2D eigenvalue weighted by molar-refractivity contribution is -0.143. The lowest BCUT2D eigenvalue weighted by Crippen LogP contribution is -2.50. The van der Waals surface area contributed by atoms with Crippen molar-refractivity contribution in [1.82, 2.24) is 30.2 Å². The smallest absolute Gasteiger partial charge is 0.411 e. The second-order valence-electron chi connectivity index (χ2n) is 19.3. The van der Waals surface area contributed by atoms with Crippen LogP contribution in [0.1, 0.15) is 124 Å². The van der Waals surface area contributed by atoms with E-state index in [1.54, 1.807) is 56.9 Å². The van der Waals surface area contributed by atoms with Gasteiger partial charge in [0.2, 0.25) is 29.7 Å². The van der Waals surface area contributed by atoms with E-state index >= 15 is 0 Å². The molecule has 0 saturated carbocycles. The van der Waals surface area contributed by atoms with E-state index in [0.29, 0.717) is 69.7 Å². The van der Waals surface area contributed by atoms with Crippen molar-refractivity contribution in [3.63, 3.8) is 0 Å². The predicted octanol–water partition coefficient (Wildman–Crippen LogP) is 4.23. The van der Waals surface area contributed by atoms with Gasteiger partial charge in [-0.05, 0) is 69.5 Å². The van der Waals surface area contributed by atoms with Crippen LogP contribution in [0, 0.1) is 29.6 Å². The van der Waals surface area contributed by atoms with Crippen LogP contribution in [0.25, 0.3) is 0 Å². The van der Waals surface area contributed by atoms with E-state index in [0.717, 1.165) is 0 Å². The maximum Gasteiger partial charge on any atom is 0.411 e. The number of ether oxygens (including phenoxy) is 1. The van der Waals surface area contributed by atoms with Crippen molar-refractivity contribution in [3.05, 3.63) is 29.8 Å². The Kier molecular flexibility index (Phi) is 22.7. The first-order chi connectivity index (χ1) is 32.0. The molecule has 68 heavy (non-hydrogen) atoms. The van der Waals surface area contributed by atoms with Gasteiger partial charge in [-0.1, -0.05) is 60.1 Å². The number of hydrogen-bond acceptors (Lipinski definition) is 12. The molecule has 19 heteroatoms. The molecule has 0 aliphatic carbocycles. The average molecular weight is 953 g/mol. The van der Waals surface area contributed by atoms with Gasteiger partial charge in [0.15, 0.2) is 11.6 Å². The fourth-order valence-corrected chi connectivity index (χ4v) is 8.68. The molecule has 0 bridgehead atoms. The molecule has 5 N–H and O–H groups in total. The van der Waals surface area contributed by atoms with Gasteiger partial charge in [0.05, 0.1) is 12.1 Å². The topological polar surface area (TPSA) is 255 Å². The lowest BCUT2D eigenvalue weighted by atomic mass is 9.84. The molecule has 0 spiro atoms. The van der Waals surface area contributed by atoms with Gasteiger partial charge in [-0.15, -0.1) is 0 Å². The van der Waals surface area contributed by atoms with Crippen molar-refractivity contribution in [2.45, 2.75) is 131 Å². The number of primary amides is 1. The van der Waals surface area contributed by atoms with Crippen LogP contribution < -0.4 is 21.7 Å². The maximum atomic E-state index is 14.2. The van der Waals surface area contributed by atoms with Crippen molar-refractivity contribution in [1.29, 1.82) is 0 Å². The summed E-state index contributed by atoms with van der Waals surface area (Å²) in [6.07, 6.45) is 0.173. The first-order valence-corrected chi connectivity index (χ1v) is 24.1. The van der Waals surface area contributed by atoms with Crippen molar-refractivity contribution in [2.24, 2.45) is 35.3 Å². The van der Waals surface area contributed by atoms with Crippen molar-refractivity contribution >= 4 is 64.7 Å². The highest BCUT2D eigenvalue weighted by Gasteiger charge is 2.38. The second kappa shape index (κ2) is 27.3. The second-order valence-corrected chi connectivity index (χ2v) is 19.3. The molecule has 8 amide bonds. The Morgan fingerprint density at radius 3 is 1.94 bits per heavy atom. The van der Waals surface area contributed by atoms with Crippen LogP contribution in [0.3, 0.4) is 0 Å². The largest absolute Gasteiger partial charge is 0.431 e. The number of nitrogens with zero attached hydrogens (tertiary/aromatic N) is 4. The standard InChI is InChI=1S/C49H76N8O11/c1-30(2)37(33(7)58)29-39(60)44(32(5)6)55(9)49(67)68-45(47(65)56-26-24-54(8)25-27-56)34-16-18-36(19-17-34)52-46(64)35(14-13-22-51-48(50)66)28-38(59)43(31(3)4)53-40(61)15-11-10-12-23-57-41(62)20-21-42(57)63/h16-19,30-32,35,37,43-45H,10-15,20-29H2,1-9H3,(H,52,64)(H,53,61)(H3,50,51,66)/t35-,37+,43+,44+,45?/m1/s1. The van der Waals surface area contributed by atoms with Crippen molar-refractivity contribution in [3.8, 4) is 0 Å². The molecule has 2 saturated heterocycles. The summed E-state index contributed by atoms with van der Waals surface area (Å²) in [5.74, 6) is -4.53. The Morgan fingerprint density at radius 2 is 1.40 bits per heavy atom. The first kappa shape index (κ1) is 56.6. The Bertz CT molecular complexity index is 1930. The molecule has 1 aromatic carbocycles. The highest BCUT2D eigenvalue weighted by molar-refractivity contribution is 6.02. The number of anilines is 1. The average Bonchev–Trinajstić information content (AvgIpc) is 3.59. The van der Waals surface area contributed by atoms with Crippen LogP contribution >= 0.6 is 0 Å². The number of benzene rings is 1. The molecule has 19 nitrogen and oxygen atoms in total. The van der Waals surface area contributed by atoms with E-state index in [4.69, 9.17) is 10.5 Å². The first-order valence-electron chi connectivity index (χ1n) is 24.1. The number of hydrogen-bond donors (Lipinski definition) is 4. The van der Waals surface area contributed by atoms with Gasteiger partial charge < -0.3 is 41.1 Å². The summed E-state index contributed by atoms with van der Waals surface area (Å²) >= 11 is 0. The zero-order chi connectivity index (χ0) is 50.8. The summed E-state index contributed by atoms with van der Waals surface area (Å²) < 4.78 is 5.97. The number of Topliss-reactive ketones (excluding diaryl/α,β-unsaturated/α-hetero) is 3. The lowest BCUT2D eigenvalue weighted by Gasteiger charge is -2.35. The molecule has 1 unspecified atom stereocenters. The van der Waals surface area contributed by atoms with E-state index in [9.17, 15) is 47.9 Å². The van der Waals surface area contributed by atoms with E-state index in [2.05, 4.69) is 20.9 Å². The van der Waals surface area contributed by atoms with E-state index in [1.165, 1.54) is 23.8 Å². The number of likely N-dealkylation sites (N-methyl/N-ethyl adjacent to an activating group) is 2. The summed E-state index contributed by atoms with van der Waals surface area (Å²) in [6.45, 7) is 14.8. The number of rotatable bonds is 27. The number of likely N-dealkylation sites (tertiary alicyclic amines) is 1. The van der Waals surface area contributed by atoms with Crippen LogP contribution in [0.5, 0.6) is 0 Å². The van der Waals surface area contributed by atoms with E-state index in [1.807, 2.05) is 20.9 Å². The van der Waals surface area contributed by atoms with Gasteiger partial charge in [0.1, 0.15) is 5.78 Å². The summed E-state index contributed by atoms with van der Waals surface area (Å²) in [4.78, 5) is 136. The van der Waals surface area contributed by atoms with Gasteiger partial charge in [-0.3, -0.25) is 43.3 Å². The molecular formula is C49H76N8O11. The number of urea groups is 1. The number of amides is 8. The number of ketones is 3. The zero-order valence-corrected chi connectivity index (χ0v) is 41.6. The van der Waals surface area contributed by atoms with Crippen LogP contribution in [0.2, 0.25) is 0 Å². The minimum Gasteiger partial charge on any atom is -0.431 e. The summed E-state index contributed by atoms with van der Waals surface area (Å²) in [7, 11) is 3.38. The molecule has 378 valence electrons. The van der Waals surface area contributed by atoms with Crippen molar-refractivity contribution < 1.29 is 52.7 Å². The van der Waals surface area contributed by atoms with E-state index < -0.39 is 54.0 Å². The molecule has 0 aromatic heterocycles. The summed E-state index contributed by atoms with van der Waals surface area (Å²) in [6, 6.07) is 3.66. The van der Waals surface area contributed by atoms with Crippen LogP contribution in [0.15, 0.2) is 24.3 Å². The molecule has 2 aliphatic rings. The monoisotopic (exact) mass is 953 g/mol. The molecule has 3 rings (SSSR count). The van der Waals surface area contributed by atoms with Gasteiger partial charge in [0.25, 0.3) is 5.91 Å². The van der Waals surface area contributed by atoms with Gasteiger partial charge >= 0.3 is 12.1 Å². The van der Waals surface area contributed by atoms with Gasteiger partial charge in [-0.2, -0.15) is 0 Å². The predicted molar refractivity (Wildman–Crippen MR) is 255 cm³/mol. The minimum atomic E-state index is -1.40. The number of piperazine rings is 1. The minimum absolute atomic E-state index is 0.0457. The molecule has 5 atom stereocenters. The molecule has 0 radical (unpaired) electrons. The quantitative estimate of drug-likeness (QED) is 0.0714. The SMILES string of the molecule is CC(=O)[C@@H](CC(=O)[C@H](C(C)C)N(C)C(=O)OC(C(=O)N1CCN(C)CC1)c1ccc(NC(=O)[C@H](CCCNC(N)=O)CC(=O)[C@@H](NC(=O)CCCCCN2C(=O)CCC2=O)C(C)C)cc1)C(C)C. The van der Waals surface area contributed by atoms with Crippen LogP contribution in [-0.2, 0) is 43.1 Å². The molecular weight excluding hydrogens is 877 g/mol. The van der Waals surface area contributed by atoms with Gasteiger partial charge in [-0.25, -0.2) is 9.59 Å². The number of carbonyl (C=O) groups is 10. The Morgan fingerprint density at radius 1 is 0.779 bits per heavy atom. The number of unbranched alkanes of at least 4 members (excludes halogenated alkanes) is 2. The van der Waals surface area contributed by atoms with Crippen molar-refractivity contribution in [2.75, 3.05) is 58.7 Å². The van der Waals surface area contributed by atoms with E-state index in [-0.39, 0.29) is 97.9 Å². The third kappa shape index (κ3) is 17.4. The molecule has 1 aromatic rings. The number of carbonyl (C=O) groups excluding carboxylic acids is 10. The third-order valence-corrected chi connectivity index (χ3v) is 12.8. The fraction of sp³-hybridized carbons (Fsp3) is 0.673.